The van der Waals surface area contributed by atoms with E-state index in [2.05, 4.69) is 24.8 Å². The van der Waals surface area contributed by atoms with E-state index < -0.39 is 12.2 Å². The molecule has 0 saturated carbocycles. The number of hydrogen-bond acceptors (Lipinski definition) is 10. The second kappa shape index (κ2) is 9.85. The second-order valence-corrected chi connectivity index (χ2v) is 5.39. The van der Waals surface area contributed by atoms with Crippen molar-refractivity contribution in [1.82, 2.24) is 15.2 Å². The highest BCUT2D eigenvalue weighted by atomic mass is 16.5. The number of fused-ring (bicyclic) bond motifs is 1. The minimum atomic E-state index is -0.480. The minimum Gasteiger partial charge on any atom is -0.454 e. The molecule has 0 aliphatic carbocycles. The maximum atomic E-state index is 11.3. The number of nitrogens with one attached hydrogen (secondary N) is 1. The smallest absolute Gasteiger partial charge is 0.411 e. The molecular weight excluding hydrogens is 372 g/mol. The van der Waals surface area contributed by atoms with Crippen molar-refractivity contribution in [2.45, 2.75) is 12.3 Å². The number of rotatable bonds is 3. The van der Waals surface area contributed by atoms with Crippen molar-refractivity contribution in [2.24, 2.45) is 10.7 Å². The topological polar surface area (TPSA) is 168 Å². The molecule has 2 aliphatic heterocycles. The Kier molecular flexibility index (Phi) is 7.25. The van der Waals surface area contributed by atoms with Gasteiger partial charge in [0.25, 0.3) is 12.0 Å². The van der Waals surface area contributed by atoms with Gasteiger partial charge in [0, 0.05) is 13.1 Å². The predicted molar refractivity (Wildman–Crippen MR) is 98.9 cm³/mol. The van der Waals surface area contributed by atoms with Crippen LogP contribution in [0.1, 0.15) is 5.76 Å². The van der Waals surface area contributed by atoms with Gasteiger partial charge >= 0.3 is 12.2 Å². The maximum Gasteiger partial charge on any atom is 0.411 e. The van der Waals surface area contributed by atoms with E-state index in [0.29, 0.717) is 18.8 Å². The van der Waals surface area contributed by atoms with Crippen molar-refractivity contribution in [1.29, 1.82) is 0 Å². The van der Waals surface area contributed by atoms with Gasteiger partial charge in [-0.25, -0.2) is 19.6 Å². The molecule has 5 N–H and O–H groups in total. The van der Waals surface area contributed by atoms with E-state index in [4.69, 9.17) is 20.6 Å². The summed E-state index contributed by atoms with van der Waals surface area (Å²) in [5, 5.41) is 2.47. The monoisotopic (exact) mass is 394 g/mol. The number of amides is 2. The van der Waals surface area contributed by atoms with E-state index in [0.717, 1.165) is 0 Å². The first-order chi connectivity index (χ1) is 13.4. The fourth-order valence-electron chi connectivity index (χ4n) is 2.30. The van der Waals surface area contributed by atoms with Crippen molar-refractivity contribution in [3.05, 3.63) is 30.2 Å². The molecule has 1 aromatic rings. The van der Waals surface area contributed by atoms with Crippen molar-refractivity contribution >= 4 is 30.3 Å². The Morgan fingerprint density at radius 3 is 2.82 bits per heavy atom. The van der Waals surface area contributed by atoms with Crippen LogP contribution in [0.4, 0.5) is 15.6 Å². The molecule has 0 bridgehead atoms. The average molecular weight is 394 g/mol. The number of carbonyl (C=O) groups excluding carboxylic acids is 2. The number of aromatic nitrogens is 1. The van der Waals surface area contributed by atoms with Crippen LogP contribution in [0.25, 0.3) is 6.08 Å². The maximum absolute atomic E-state index is 11.3. The van der Waals surface area contributed by atoms with Crippen LogP contribution >= 0.6 is 0 Å². The van der Waals surface area contributed by atoms with E-state index in [1.54, 1.807) is 12.2 Å². The third kappa shape index (κ3) is 5.65. The van der Waals surface area contributed by atoms with Crippen LogP contribution in [0, 0.1) is 0 Å². The molecule has 2 amide bonds. The highest BCUT2D eigenvalue weighted by Gasteiger charge is 2.37. The summed E-state index contributed by atoms with van der Waals surface area (Å²) in [4.78, 5) is 31.1. The average Bonchev–Trinajstić information content (AvgIpc) is 3.28. The number of carbonyl (C=O) groups is 2. The lowest BCUT2D eigenvalue weighted by atomic mass is 10.2. The normalized spacial score (nSPS) is 19.8. The summed E-state index contributed by atoms with van der Waals surface area (Å²) in [6.45, 7) is 0.821. The number of aliphatic imine (C=N–C) groups is 1. The quantitative estimate of drug-likeness (QED) is 0.610. The highest BCUT2D eigenvalue weighted by molar-refractivity contribution is 5.76. The molecule has 12 heteroatoms. The number of methoxy groups -OCH3 is 2. The van der Waals surface area contributed by atoms with Crippen LogP contribution in [0.5, 0.6) is 0 Å². The first-order valence-corrected chi connectivity index (χ1v) is 8.15. The molecule has 0 spiro atoms. The van der Waals surface area contributed by atoms with Crippen LogP contribution in [0.3, 0.4) is 0 Å². The van der Waals surface area contributed by atoms with Crippen LogP contribution in [-0.4, -0.2) is 67.7 Å². The number of anilines is 1. The Morgan fingerprint density at radius 2 is 2.18 bits per heavy atom. The fourth-order valence-corrected chi connectivity index (χ4v) is 2.30. The molecule has 12 nitrogen and oxygen atoms in total. The Labute approximate surface area is 160 Å². The van der Waals surface area contributed by atoms with Crippen LogP contribution in [-0.2, 0) is 14.2 Å². The summed E-state index contributed by atoms with van der Waals surface area (Å²) in [6, 6.07) is 0.228. The van der Waals surface area contributed by atoms with Gasteiger partial charge in [0.2, 0.25) is 0 Å². The SMILES string of the molecule is COC(=O)N1CC=CC2OC(N)=NC21.COC(=O)NCC=Cc1cnc(N)o1. The molecule has 0 saturated heterocycles. The number of hydrogen-bond donors (Lipinski definition) is 3. The summed E-state index contributed by atoms with van der Waals surface area (Å²) < 4.78 is 19.1. The van der Waals surface area contributed by atoms with Gasteiger partial charge in [-0.3, -0.25) is 4.90 Å². The summed E-state index contributed by atoms with van der Waals surface area (Å²) in [5.41, 5.74) is 10.7. The number of nitrogens with two attached hydrogens (primary N) is 2. The zero-order chi connectivity index (χ0) is 20.5. The zero-order valence-electron chi connectivity index (χ0n) is 15.4. The van der Waals surface area contributed by atoms with E-state index >= 15 is 0 Å². The third-order valence-corrected chi connectivity index (χ3v) is 3.54. The van der Waals surface area contributed by atoms with Gasteiger partial charge in [-0.05, 0) is 12.2 Å². The van der Waals surface area contributed by atoms with Crippen LogP contribution in [0.15, 0.2) is 33.8 Å². The van der Waals surface area contributed by atoms with Crippen molar-refractivity contribution < 1.29 is 28.2 Å². The van der Waals surface area contributed by atoms with Crippen molar-refractivity contribution in [3.63, 3.8) is 0 Å². The first-order valence-electron chi connectivity index (χ1n) is 8.15. The Balaban J connectivity index is 0.000000200. The molecule has 2 aliphatic rings. The summed E-state index contributed by atoms with van der Waals surface area (Å²) >= 11 is 0. The molecule has 152 valence electrons. The van der Waals surface area contributed by atoms with Crippen LogP contribution < -0.4 is 16.8 Å². The van der Waals surface area contributed by atoms with E-state index in [1.165, 1.54) is 25.3 Å². The van der Waals surface area contributed by atoms with Crippen molar-refractivity contribution in [3.8, 4) is 0 Å². The first kappa shape index (κ1) is 20.6. The van der Waals surface area contributed by atoms with Crippen LogP contribution in [0.2, 0.25) is 0 Å². The Bertz CT molecular complexity index is 773. The Hall–Kier alpha value is -3.70. The molecular formula is C16H22N6O6. The molecule has 1 aromatic heterocycles. The number of amidine groups is 1. The fraction of sp³-hybridized carbons (Fsp3) is 0.375. The number of ether oxygens (including phenoxy) is 3. The van der Waals surface area contributed by atoms with E-state index in [1.807, 2.05) is 12.2 Å². The number of nitrogens with zero attached hydrogens (tertiary/aromatic N) is 3. The third-order valence-electron chi connectivity index (χ3n) is 3.54. The van der Waals surface area contributed by atoms with Gasteiger partial charge in [0.1, 0.15) is 5.76 Å². The van der Waals surface area contributed by atoms with Gasteiger partial charge in [-0.2, -0.15) is 0 Å². The van der Waals surface area contributed by atoms with E-state index in [-0.39, 0.29) is 24.3 Å². The van der Waals surface area contributed by atoms with Gasteiger partial charge in [0.15, 0.2) is 12.3 Å². The van der Waals surface area contributed by atoms with E-state index in [9.17, 15) is 9.59 Å². The highest BCUT2D eigenvalue weighted by Crippen LogP contribution is 2.21. The number of oxazole rings is 1. The molecule has 3 rings (SSSR count). The van der Waals surface area contributed by atoms with Gasteiger partial charge in [-0.15, -0.1) is 0 Å². The minimum absolute atomic E-state index is 0.112. The number of nitrogen functional groups attached to an aromatic ring is 1. The van der Waals surface area contributed by atoms with Gasteiger partial charge < -0.3 is 35.4 Å². The lowest BCUT2D eigenvalue weighted by Crippen LogP contribution is -2.46. The summed E-state index contributed by atoms with van der Waals surface area (Å²) in [6.07, 6.45) is 6.94. The molecule has 28 heavy (non-hydrogen) atoms. The lowest BCUT2D eigenvalue weighted by molar-refractivity contribution is 0.0831. The summed E-state index contributed by atoms with van der Waals surface area (Å²) in [7, 11) is 2.63. The second-order valence-electron chi connectivity index (χ2n) is 5.39. The summed E-state index contributed by atoms with van der Waals surface area (Å²) in [5.74, 6) is 0.536. The largest absolute Gasteiger partial charge is 0.454 e. The molecule has 2 unspecified atom stereocenters. The van der Waals surface area contributed by atoms with Crippen molar-refractivity contribution in [2.75, 3.05) is 33.0 Å². The molecule has 3 heterocycles. The molecule has 0 fully saturated rings. The molecule has 0 aromatic carbocycles. The predicted octanol–water partition coefficient (Wildman–Crippen LogP) is 0.290. The standard InChI is InChI=1S/2C8H11N3O3/c1-13-8(12)11-4-2-3-5-6(11)10-7(9)14-5;1-13-8(12)10-4-2-3-6-5-11-7(9)14-6/h2-3,5-6H,4H2,1H3,(H2,9,10);2-3,5H,4H2,1H3,(H2,9,11)(H,10,12). The van der Waals surface area contributed by atoms with Gasteiger partial charge in [-0.1, -0.05) is 12.2 Å². The van der Waals surface area contributed by atoms with Gasteiger partial charge in [0.05, 0.1) is 20.4 Å². The molecule has 0 radical (unpaired) electrons. The zero-order valence-corrected chi connectivity index (χ0v) is 15.4. The lowest BCUT2D eigenvalue weighted by Gasteiger charge is -2.29. The Morgan fingerprint density at radius 1 is 1.39 bits per heavy atom. The molecule has 2 atom stereocenters. The number of alkyl carbamates (subject to hydrolysis) is 1.